The Balaban J connectivity index is 1.61. The van der Waals surface area contributed by atoms with E-state index < -0.39 is 0 Å². The quantitative estimate of drug-likeness (QED) is 0.373. The van der Waals surface area contributed by atoms with Gasteiger partial charge in [0.25, 0.3) is 0 Å². The molecular formula is C23H18OS. The lowest BCUT2D eigenvalue weighted by atomic mass is 10.1. The van der Waals surface area contributed by atoms with Crippen LogP contribution in [0.5, 0.6) is 5.75 Å². The van der Waals surface area contributed by atoms with Gasteiger partial charge in [-0.25, -0.2) is 0 Å². The van der Waals surface area contributed by atoms with Crippen LogP contribution >= 0.6 is 11.3 Å². The summed E-state index contributed by atoms with van der Waals surface area (Å²) in [6.07, 6.45) is 4.29. The van der Waals surface area contributed by atoms with Crippen LogP contribution in [0.15, 0.2) is 78.9 Å². The van der Waals surface area contributed by atoms with Crippen molar-refractivity contribution in [1.29, 1.82) is 0 Å². The normalized spacial score (nSPS) is 11.2. The molecule has 0 unspecified atom stereocenters. The summed E-state index contributed by atoms with van der Waals surface area (Å²) in [6, 6.07) is 27.5. The first kappa shape index (κ1) is 15.7. The van der Waals surface area contributed by atoms with Crippen molar-refractivity contribution >= 4 is 33.6 Å². The third-order valence-electron chi connectivity index (χ3n) is 4.19. The van der Waals surface area contributed by atoms with Gasteiger partial charge in [0.2, 0.25) is 0 Å². The fourth-order valence-electron chi connectivity index (χ4n) is 2.80. The number of rotatable bonds is 4. The van der Waals surface area contributed by atoms with Gasteiger partial charge in [0, 0.05) is 9.58 Å². The summed E-state index contributed by atoms with van der Waals surface area (Å²) < 4.78 is 6.51. The summed E-state index contributed by atoms with van der Waals surface area (Å²) >= 11 is 1.84. The van der Waals surface area contributed by atoms with Gasteiger partial charge in [0.05, 0.1) is 7.11 Å². The fraction of sp³-hybridized carbons (Fsp3) is 0.0435. The maximum atomic E-state index is 5.20. The van der Waals surface area contributed by atoms with Crippen molar-refractivity contribution in [3.8, 4) is 16.2 Å². The van der Waals surface area contributed by atoms with Crippen LogP contribution in [0.3, 0.4) is 0 Å². The maximum absolute atomic E-state index is 5.20. The van der Waals surface area contributed by atoms with Gasteiger partial charge < -0.3 is 4.74 Å². The first-order chi connectivity index (χ1) is 12.3. The van der Waals surface area contributed by atoms with E-state index in [0.717, 1.165) is 11.3 Å². The molecule has 0 aliphatic carbocycles. The Morgan fingerprint density at radius 3 is 2.24 bits per heavy atom. The van der Waals surface area contributed by atoms with E-state index >= 15 is 0 Å². The monoisotopic (exact) mass is 342 g/mol. The number of thiophene rings is 1. The molecule has 0 amide bonds. The smallest absolute Gasteiger partial charge is 0.118 e. The molecule has 0 N–H and O–H groups in total. The van der Waals surface area contributed by atoms with Gasteiger partial charge in [-0.1, -0.05) is 66.7 Å². The minimum Gasteiger partial charge on any atom is -0.497 e. The number of methoxy groups -OCH3 is 1. The zero-order chi connectivity index (χ0) is 17.1. The highest BCUT2D eigenvalue weighted by molar-refractivity contribution is 7.22. The Morgan fingerprint density at radius 2 is 1.48 bits per heavy atom. The van der Waals surface area contributed by atoms with Crippen LogP contribution in [-0.4, -0.2) is 7.11 Å². The summed E-state index contributed by atoms with van der Waals surface area (Å²) in [5, 5.41) is 1.30. The second-order valence-electron chi connectivity index (χ2n) is 5.88. The van der Waals surface area contributed by atoms with Crippen molar-refractivity contribution in [2.75, 3.05) is 7.11 Å². The highest BCUT2D eigenvalue weighted by atomic mass is 32.1. The standard InChI is InChI=1S/C23H18OS/c1-24-21-13-10-17(11-14-21)7-8-18-9-12-20-16-23(25-22(20)15-18)19-5-3-2-4-6-19/h2-16H,1H3. The molecule has 2 heteroatoms. The Kier molecular flexibility index (Phi) is 4.36. The molecule has 1 heterocycles. The number of hydrogen-bond donors (Lipinski definition) is 0. The minimum absolute atomic E-state index is 0.880. The molecule has 0 fully saturated rings. The second-order valence-corrected chi connectivity index (χ2v) is 6.96. The summed E-state index contributed by atoms with van der Waals surface area (Å²) in [4.78, 5) is 1.31. The summed E-state index contributed by atoms with van der Waals surface area (Å²) in [6.45, 7) is 0. The molecule has 0 aliphatic rings. The van der Waals surface area contributed by atoms with Crippen LogP contribution in [-0.2, 0) is 0 Å². The Hall–Kier alpha value is -2.84. The second kappa shape index (κ2) is 6.96. The van der Waals surface area contributed by atoms with E-state index in [1.54, 1.807) is 7.11 Å². The average Bonchev–Trinajstić information content (AvgIpc) is 3.11. The zero-order valence-corrected chi connectivity index (χ0v) is 14.8. The van der Waals surface area contributed by atoms with E-state index in [1.807, 2.05) is 23.5 Å². The lowest BCUT2D eigenvalue weighted by Crippen LogP contribution is -1.81. The average molecular weight is 342 g/mol. The van der Waals surface area contributed by atoms with E-state index in [4.69, 9.17) is 4.74 Å². The fourth-order valence-corrected chi connectivity index (χ4v) is 3.92. The highest BCUT2D eigenvalue weighted by Gasteiger charge is 2.04. The van der Waals surface area contributed by atoms with Gasteiger partial charge >= 0.3 is 0 Å². The van der Waals surface area contributed by atoms with Crippen molar-refractivity contribution in [3.63, 3.8) is 0 Å². The summed E-state index contributed by atoms with van der Waals surface area (Å²) in [5.41, 5.74) is 3.65. The van der Waals surface area contributed by atoms with E-state index in [0.29, 0.717) is 0 Å². The van der Waals surface area contributed by atoms with Gasteiger partial charge in [-0.05, 0) is 46.3 Å². The number of benzene rings is 3. The first-order valence-electron chi connectivity index (χ1n) is 8.23. The number of hydrogen-bond acceptors (Lipinski definition) is 2. The van der Waals surface area contributed by atoms with Crippen molar-refractivity contribution < 1.29 is 4.74 Å². The number of fused-ring (bicyclic) bond motifs is 1. The van der Waals surface area contributed by atoms with E-state index in [2.05, 4.69) is 78.9 Å². The first-order valence-corrected chi connectivity index (χ1v) is 9.05. The molecule has 25 heavy (non-hydrogen) atoms. The van der Waals surface area contributed by atoms with Crippen LogP contribution in [0.4, 0.5) is 0 Å². The molecule has 3 aromatic carbocycles. The lowest BCUT2D eigenvalue weighted by Gasteiger charge is -1.99. The Bertz CT molecular complexity index is 1010. The molecule has 122 valence electrons. The van der Waals surface area contributed by atoms with E-state index in [9.17, 15) is 0 Å². The summed E-state index contributed by atoms with van der Waals surface area (Å²) in [7, 11) is 1.69. The summed E-state index contributed by atoms with van der Waals surface area (Å²) in [5.74, 6) is 0.880. The molecule has 0 atom stereocenters. The predicted octanol–water partition coefficient (Wildman–Crippen LogP) is 6.75. The largest absolute Gasteiger partial charge is 0.497 e. The molecule has 0 aliphatic heterocycles. The van der Waals surface area contributed by atoms with Crippen LogP contribution in [0.25, 0.3) is 32.7 Å². The minimum atomic E-state index is 0.880. The van der Waals surface area contributed by atoms with Crippen molar-refractivity contribution in [2.45, 2.75) is 0 Å². The van der Waals surface area contributed by atoms with Gasteiger partial charge in [-0.2, -0.15) is 0 Å². The highest BCUT2D eigenvalue weighted by Crippen LogP contribution is 2.34. The molecule has 4 aromatic rings. The van der Waals surface area contributed by atoms with Crippen LogP contribution in [0, 0.1) is 0 Å². The van der Waals surface area contributed by atoms with Crippen LogP contribution < -0.4 is 4.74 Å². The molecule has 0 radical (unpaired) electrons. The molecule has 1 aromatic heterocycles. The maximum Gasteiger partial charge on any atom is 0.118 e. The Morgan fingerprint density at radius 1 is 0.760 bits per heavy atom. The van der Waals surface area contributed by atoms with Gasteiger partial charge in [0.15, 0.2) is 0 Å². The Labute approximate surface area is 151 Å². The van der Waals surface area contributed by atoms with Crippen LogP contribution in [0.2, 0.25) is 0 Å². The predicted molar refractivity (Wildman–Crippen MR) is 109 cm³/mol. The van der Waals surface area contributed by atoms with Crippen molar-refractivity contribution in [1.82, 2.24) is 0 Å². The molecule has 4 rings (SSSR count). The lowest BCUT2D eigenvalue weighted by molar-refractivity contribution is 0.415. The van der Waals surface area contributed by atoms with Gasteiger partial charge in [-0.15, -0.1) is 11.3 Å². The van der Waals surface area contributed by atoms with Crippen molar-refractivity contribution in [2.24, 2.45) is 0 Å². The third-order valence-corrected chi connectivity index (χ3v) is 5.33. The van der Waals surface area contributed by atoms with Gasteiger partial charge in [-0.3, -0.25) is 0 Å². The zero-order valence-electron chi connectivity index (χ0n) is 14.0. The molecule has 0 spiro atoms. The van der Waals surface area contributed by atoms with E-state index in [-0.39, 0.29) is 0 Å². The van der Waals surface area contributed by atoms with Gasteiger partial charge in [0.1, 0.15) is 5.75 Å². The number of ether oxygens (including phenoxy) is 1. The molecule has 0 saturated heterocycles. The molecule has 1 nitrogen and oxygen atoms in total. The SMILES string of the molecule is COc1ccc(C=Cc2ccc3cc(-c4ccccc4)sc3c2)cc1. The molecule has 0 saturated carbocycles. The molecular weight excluding hydrogens is 324 g/mol. The van der Waals surface area contributed by atoms with Crippen LogP contribution in [0.1, 0.15) is 11.1 Å². The van der Waals surface area contributed by atoms with Crippen molar-refractivity contribution in [3.05, 3.63) is 90.0 Å². The molecule has 0 bridgehead atoms. The third kappa shape index (κ3) is 3.49. The topological polar surface area (TPSA) is 9.23 Å². The van der Waals surface area contributed by atoms with E-state index in [1.165, 1.54) is 26.1 Å².